The van der Waals surface area contributed by atoms with Crippen LogP contribution in [0.25, 0.3) is 10.9 Å². The van der Waals surface area contributed by atoms with Gasteiger partial charge < -0.3 is 19.7 Å². The first-order valence-corrected chi connectivity index (χ1v) is 8.83. The maximum atomic E-state index is 12.3. The summed E-state index contributed by atoms with van der Waals surface area (Å²) in [6.07, 6.45) is 0.832. The van der Waals surface area contributed by atoms with E-state index in [1.54, 1.807) is 25.2 Å². The van der Waals surface area contributed by atoms with E-state index in [2.05, 4.69) is 34.3 Å². The normalized spacial score (nSPS) is 11.1. The van der Waals surface area contributed by atoms with Crippen LogP contribution < -0.4 is 10.9 Å². The lowest BCUT2D eigenvalue weighted by Gasteiger charge is -2.17. The summed E-state index contributed by atoms with van der Waals surface area (Å²) in [6, 6.07) is 8.64. The van der Waals surface area contributed by atoms with Gasteiger partial charge in [-0.15, -0.1) is 0 Å². The number of rotatable bonds is 6. The van der Waals surface area contributed by atoms with Gasteiger partial charge in [0.1, 0.15) is 5.82 Å². The van der Waals surface area contributed by atoms with Gasteiger partial charge in [-0.3, -0.25) is 4.79 Å². The van der Waals surface area contributed by atoms with E-state index in [9.17, 15) is 9.59 Å². The van der Waals surface area contributed by atoms with Gasteiger partial charge in [-0.25, -0.2) is 9.78 Å². The Bertz CT molecular complexity index is 992. The Morgan fingerprint density at radius 1 is 1.33 bits per heavy atom. The van der Waals surface area contributed by atoms with E-state index in [1.807, 2.05) is 12.1 Å². The van der Waals surface area contributed by atoms with E-state index in [4.69, 9.17) is 4.52 Å². The minimum atomic E-state index is -0.299. The molecule has 0 aliphatic carbocycles. The van der Waals surface area contributed by atoms with Crippen LogP contribution in [0.1, 0.15) is 31.1 Å². The van der Waals surface area contributed by atoms with Crippen LogP contribution >= 0.6 is 0 Å². The number of para-hydroxylation sites is 1. The van der Waals surface area contributed by atoms with Crippen molar-refractivity contribution in [3.8, 4) is 0 Å². The maximum absolute atomic E-state index is 12.3. The summed E-state index contributed by atoms with van der Waals surface area (Å²) in [6.45, 7) is 4.64. The number of carbonyl (C=O) groups is 1. The Kier molecular flexibility index (Phi) is 5.54. The second-order valence-electron chi connectivity index (χ2n) is 6.93. The van der Waals surface area contributed by atoms with Crippen LogP contribution in [0.5, 0.6) is 0 Å². The first-order chi connectivity index (χ1) is 12.9. The van der Waals surface area contributed by atoms with Gasteiger partial charge in [-0.2, -0.15) is 0 Å². The second kappa shape index (κ2) is 8.03. The summed E-state index contributed by atoms with van der Waals surface area (Å²) < 4.78 is 5.23. The van der Waals surface area contributed by atoms with Crippen LogP contribution in [0.4, 0.5) is 4.79 Å². The number of aromatic amines is 1. The van der Waals surface area contributed by atoms with Crippen molar-refractivity contribution in [1.82, 2.24) is 25.3 Å². The number of hydrogen-bond donors (Lipinski definition) is 2. The molecular formula is C19H23N5O3. The molecule has 0 aliphatic rings. The molecule has 0 fully saturated rings. The van der Waals surface area contributed by atoms with Crippen molar-refractivity contribution < 1.29 is 9.32 Å². The second-order valence-corrected chi connectivity index (χ2v) is 6.93. The van der Waals surface area contributed by atoms with Crippen LogP contribution in [-0.2, 0) is 19.5 Å². The molecule has 27 heavy (non-hydrogen) atoms. The number of benzene rings is 1. The van der Waals surface area contributed by atoms with E-state index in [0.29, 0.717) is 28.4 Å². The van der Waals surface area contributed by atoms with E-state index >= 15 is 0 Å². The fourth-order valence-electron chi connectivity index (χ4n) is 2.76. The Balaban J connectivity index is 1.59. The number of nitrogens with zero attached hydrogens (tertiary/aromatic N) is 3. The van der Waals surface area contributed by atoms with Crippen LogP contribution in [-0.4, -0.2) is 33.1 Å². The van der Waals surface area contributed by atoms with E-state index in [0.717, 1.165) is 12.1 Å². The van der Waals surface area contributed by atoms with E-state index < -0.39 is 0 Å². The van der Waals surface area contributed by atoms with Gasteiger partial charge in [0.2, 0.25) is 0 Å². The number of amides is 2. The molecule has 142 valence electrons. The highest BCUT2D eigenvalue weighted by atomic mass is 16.5. The average Bonchev–Trinajstić information content (AvgIpc) is 3.06. The highest BCUT2D eigenvalue weighted by molar-refractivity contribution is 5.77. The van der Waals surface area contributed by atoms with Crippen LogP contribution in [0.15, 0.2) is 39.6 Å². The molecule has 1 aromatic carbocycles. The van der Waals surface area contributed by atoms with Crippen molar-refractivity contribution in [1.29, 1.82) is 0 Å². The Morgan fingerprint density at radius 3 is 2.89 bits per heavy atom. The van der Waals surface area contributed by atoms with Crippen molar-refractivity contribution in [3.05, 3.63) is 58.0 Å². The number of aromatic nitrogens is 3. The topological polar surface area (TPSA) is 104 Å². The Morgan fingerprint density at radius 2 is 2.11 bits per heavy atom. The molecule has 0 atom stereocenters. The molecule has 0 bridgehead atoms. The molecule has 8 nitrogen and oxygen atoms in total. The third-order valence-electron chi connectivity index (χ3n) is 4.03. The summed E-state index contributed by atoms with van der Waals surface area (Å²) in [5.41, 5.74) is 1.26. The molecule has 0 saturated carbocycles. The number of nitrogens with one attached hydrogen (secondary N) is 2. The lowest BCUT2D eigenvalue weighted by atomic mass is 10.1. The van der Waals surface area contributed by atoms with Gasteiger partial charge in [-0.1, -0.05) is 31.1 Å². The van der Waals surface area contributed by atoms with Gasteiger partial charge in [-0.05, 0) is 24.5 Å². The predicted molar refractivity (Wildman–Crippen MR) is 101 cm³/mol. The minimum absolute atomic E-state index is 0.181. The smallest absolute Gasteiger partial charge is 0.317 e. The molecule has 0 spiro atoms. The van der Waals surface area contributed by atoms with E-state index in [-0.39, 0.29) is 24.7 Å². The van der Waals surface area contributed by atoms with Crippen LogP contribution in [0, 0.1) is 5.92 Å². The van der Waals surface area contributed by atoms with Crippen molar-refractivity contribution >= 4 is 16.9 Å². The molecule has 2 heterocycles. The maximum Gasteiger partial charge on any atom is 0.317 e. The van der Waals surface area contributed by atoms with Crippen LogP contribution in [0.3, 0.4) is 0 Å². The zero-order chi connectivity index (χ0) is 19.4. The fourth-order valence-corrected chi connectivity index (χ4v) is 2.76. The number of hydrogen-bond acceptors (Lipinski definition) is 5. The third kappa shape index (κ3) is 4.72. The van der Waals surface area contributed by atoms with Gasteiger partial charge >= 0.3 is 6.03 Å². The van der Waals surface area contributed by atoms with Crippen LogP contribution in [0.2, 0.25) is 0 Å². The molecule has 3 rings (SSSR count). The van der Waals surface area contributed by atoms with Gasteiger partial charge in [0, 0.05) is 13.1 Å². The lowest BCUT2D eigenvalue weighted by molar-refractivity contribution is 0.203. The van der Waals surface area contributed by atoms with Crippen molar-refractivity contribution in [2.45, 2.75) is 33.4 Å². The highest BCUT2D eigenvalue weighted by Gasteiger charge is 2.13. The van der Waals surface area contributed by atoms with Crippen molar-refractivity contribution in [2.24, 2.45) is 5.92 Å². The quantitative estimate of drug-likeness (QED) is 0.694. The number of H-pyrrole nitrogens is 1. The van der Waals surface area contributed by atoms with E-state index in [1.165, 1.54) is 4.90 Å². The first kappa shape index (κ1) is 18.6. The third-order valence-corrected chi connectivity index (χ3v) is 4.03. The number of urea groups is 1. The van der Waals surface area contributed by atoms with Gasteiger partial charge in [0.15, 0.2) is 5.76 Å². The van der Waals surface area contributed by atoms with Gasteiger partial charge in [0.05, 0.1) is 29.7 Å². The predicted octanol–water partition coefficient (Wildman–Crippen LogP) is 2.45. The zero-order valence-corrected chi connectivity index (χ0v) is 15.7. The minimum Gasteiger partial charge on any atom is -0.359 e. The van der Waals surface area contributed by atoms with Crippen molar-refractivity contribution in [3.63, 3.8) is 0 Å². The Labute approximate surface area is 156 Å². The molecule has 2 aromatic heterocycles. The molecule has 3 aromatic rings. The molecule has 8 heteroatoms. The molecule has 0 saturated heterocycles. The molecule has 0 radical (unpaired) electrons. The molecule has 2 amide bonds. The zero-order valence-electron chi connectivity index (χ0n) is 15.7. The molecule has 2 N–H and O–H groups in total. The monoisotopic (exact) mass is 369 g/mol. The fraction of sp³-hybridized carbons (Fsp3) is 0.368. The average molecular weight is 369 g/mol. The van der Waals surface area contributed by atoms with Crippen molar-refractivity contribution in [2.75, 3.05) is 7.05 Å². The Hall–Kier alpha value is -3.16. The standard InChI is InChI=1S/C19H23N5O3/c1-12(2)8-13-9-14(27-23-13)10-20-19(26)24(3)11-17-21-16-7-5-4-6-15(16)18(25)22-17/h4-7,9,12H,8,10-11H2,1-3H3,(H,20,26)(H,21,22,25). The summed E-state index contributed by atoms with van der Waals surface area (Å²) in [7, 11) is 1.63. The highest BCUT2D eigenvalue weighted by Crippen LogP contribution is 2.09. The largest absolute Gasteiger partial charge is 0.359 e. The lowest BCUT2D eigenvalue weighted by Crippen LogP contribution is -2.37. The first-order valence-electron chi connectivity index (χ1n) is 8.83. The molecule has 0 aliphatic heterocycles. The number of fused-ring (bicyclic) bond motifs is 1. The summed E-state index contributed by atoms with van der Waals surface area (Å²) in [4.78, 5) is 33.0. The summed E-state index contributed by atoms with van der Waals surface area (Å²) >= 11 is 0. The molecule has 0 unspecified atom stereocenters. The number of carbonyl (C=O) groups excluding carboxylic acids is 1. The summed E-state index contributed by atoms with van der Waals surface area (Å²) in [5, 5.41) is 7.29. The summed E-state index contributed by atoms with van der Waals surface area (Å²) in [5.74, 6) is 1.51. The SMILES string of the molecule is CC(C)Cc1cc(CNC(=O)N(C)Cc2nc3ccccc3c(=O)[nH]2)on1. The van der Waals surface area contributed by atoms with Gasteiger partial charge in [0.25, 0.3) is 5.56 Å². The molecular weight excluding hydrogens is 346 g/mol.